The fourth-order valence-corrected chi connectivity index (χ4v) is 0.192. The van der Waals surface area contributed by atoms with Crippen LogP contribution in [0, 0.1) is 11.8 Å². The van der Waals surface area contributed by atoms with Crippen molar-refractivity contribution in [3.63, 3.8) is 0 Å². The van der Waals surface area contributed by atoms with Gasteiger partial charge in [-0.25, -0.2) is 0 Å². The van der Waals surface area contributed by atoms with Gasteiger partial charge in [0.05, 0.1) is 0 Å². The molecule has 0 amide bonds. The van der Waals surface area contributed by atoms with Crippen molar-refractivity contribution >= 4 is 23.9 Å². The van der Waals surface area contributed by atoms with Gasteiger partial charge in [-0.1, -0.05) is 13.8 Å². The molecule has 0 rings (SSSR count). The van der Waals surface area contributed by atoms with Crippen molar-refractivity contribution in [2.45, 2.75) is 13.8 Å². The second-order valence-corrected chi connectivity index (χ2v) is 2.72. The predicted molar refractivity (Wildman–Crippen MR) is 38.4 cm³/mol. The first-order valence-electron chi connectivity index (χ1n) is 3.94. The van der Waals surface area contributed by atoms with Crippen LogP contribution >= 0.6 is 0 Å². The Labute approximate surface area is 163 Å². The van der Waals surface area contributed by atoms with Crippen molar-refractivity contribution in [3.8, 4) is 0 Å². The third-order valence-corrected chi connectivity index (χ3v) is 1.41. The van der Waals surface area contributed by atoms with Gasteiger partial charge in [0.1, 0.15) is 0 Å². The summed E-state index contributed by atoms with van der Waals surface area (Å²) >= 11 is 0. The number of carboxylic acid groups (broad SMARTS) is 4. The molecule has 0 aromatic carbocycles. The fraction of sp³-hybridized carbons (Fsp3) is 0.500. The fourth-order valence-electron chi connectivity index (χ4n) is 0.192. The number of hydrogen-bond donors (Lipinski definition) is 0. The third-order valence-electron chi connectivity index (χ3n) is 1.41. The minimum Gasteiger partial charge on any atom is -0.549 e. The van der Waals surface area contributed by atoms with Gasteiger partial charge in [0, 0.05) is 35.7 Å². The molecule has 0 radical (unpaired) electrons. The molecule has 0 bridgehead atoms. The molecule has 0 aliphatic heterocycles. The first kappa shape index (κ1) is 37.0. The van der Waals surface area contributed by atoms with E-state index in [4.69, 9.17) is 0 Å². The average Bonchev–Trinajstić information content (AvgIpc) is 2.15. The topological polar surface area (TPSA) is 161 Å². The Bertz CT molecular complexity index is 251. The Morgan fingerprint density at radius 2 is 0.650 bits per heavy atom. The molecule has 0 aromatic heterocycles. The smallest absolute Gasteiger partial charge is 0.549 e. The molecule has 12 heteroatoms. The van der Waals surface area contributed by atoms with Gasteiger partial charge in [0.25, 0.3) is 0 Å². The molecule has 0 heterocycles. The molecule has 0 fully saturated rings. The van der Waals surface area contributed by atoms with Gasteiger partial charge < -0.3 is 39.6 Å². The van der Waals surface area contributed by atoms with E-state index in [1.165, 1.54) is 0 Å². The minimum atomic E-state index is -1.62. The van der Waals surface area contributed by atoms with Crippen molar-refractivity contribution in [2.75, 3.05) is 0 Å². The van der Waals surface area contributed by atoms with Crippen molar-refractivity contribution in [3.05, 3.63) is 0 Å². The van der Waals surface area contributed by atoms with Crippen LogP contribution in [0.4, 0.5) is 0 Å². The van der Waals surface area contributed by atoms with Gasteiger partial charge >= 0.3 is 75.4 Å². The Hall–Kier alpha value is 0.270. The maximum absolute atomic E-state index is 9.61. The second kappa shape index (κ2) is 19.3. The van der Waals surface area contributed by atoms with Gasteiger partial charge in [-0.15, -0.1) is 0 Å². The zero-order chi connectivity index (χ0) is 13.5. The summed E-state index contributed by atoms with van der Waals surface area (Å²) in [6.07, 6.45) is 0. The molecule has 8 nitrogen and oxygen atoms in total. The van der Waals surface area contributed by atoms with Crippen LogP contribution in [0.2, 0.25) is 0 Å². The zero-order valence-electron chi connectivity index (χ0n) is 12.4. The Balaban J connectivity index is -0.0000000408. The van der Waals surface area contributed by atoms with Crippen LogP contribution in [0.5, 0.6) is 0 Å². The largest absolute Gasteiger partial charge is 1.00 e. The molecule has 20 heavy (non-hydrogen) atoms. The van der Waals surface area contributed by atoms with E-state index in [0.717, 1.165) is 13.8 Å². The number of aliphatic carboxylic acids is 4. The van der Waals surface area contributed by atoms with Gasteiger partial charge in [0.15, 0.2) is 0 Å². The monoisotopic (exact) mass is 260 g/mol. The van der Waals surface area contributed by atoms with E-state index < -0.39 is 35.7 Å². The van der Waals surface area contributed by atoms with Crippen LogP contribution in [-0.2, 0) is 19.2 Å². The van der Waals surface area contributed by atoms with Crippen LogP contribution < -0.4 is 95.9 Å². The molecule has 0 aromatic rings. The van der Waals surface area contributed by atoms with E-state index >= 15 is 0 Å². The quantitative estimate of drug-likeness (QED) is 0.355. The van der Waals surface area contributed by atoms with Gasteiger partial charge in [-0.2, -0.15) is 0 Å². The Morgan fingerprint density at radius 1 is 0.550 bits per heavy atom. The van der Waals surface area contributed by atoms with Crippen LogP contribution in [0.3, 0.4) is 0 Å². The molecule has 0 unspecified atom stereocenters. The molecule has 0 saturated heterocycles. The molecular weight excluding hydrogens is 252 g/mol. The molecule has 0 aliphatic rings. The van der Waals surface area contributed by atoms with Crippen molar-refractivity contribution < 1.29 is 115 Å². The number of carbonyl (C=O) groups is 4. The van der Waals surface area contributed by atoms with E-state index in [-0.39, 0.29) is 75.4 Å². The van der Waals surface area contributed by atoms with E-state index in [1.54, 1.807) is 0 Å². The summed E-state index contributed by atoms with van der Waals surface area (Å²) in [6, 6.07) is 0. The SMILES string of the molecule is CC(C(=O)[O-])C(=O)[O-].CC(C(=O)[O-])C(=O)[O-].[Li+].[Li+].[Li+].[Li+]. The summed E-state index contributed by atoms with van der Waals surface area (Å²) in [7, 11) is 0. The summed E-state index contributed by atoms with van der Waals surface area (Å²) in [4.78, 5) is 38.4. The standard InChI is InChI=1S/2C4H6O4.4Li/c2*1-2(3(5)6)4(7)8;;;;/h2*2H,1H3,(H,5,6)(H,7,8);;;;/q;;4*+1/p-4. The molecule has 0 spiro atoms. The molecule has 0 N–H and O–H groups in total. The Kier molecular flexibility index (Phi) is 35.6. The van der Waals surface area contributed by atoms with Gasteiger partial charge in [-0.05, 0) is 0 Å². The van der Waals surface area contributed by atoms with E-state index in [1.807, 2.05) is 0 Å². The van der Waals surface area contributed by atoms with Gasteiger partial charge in [0.2, 0.25) is 0 Å². The number of hydrogen-bond acceptors (Lipinski definition) is 8. The van der Waals surface area contributed by atoms with Crippen LogP contribution in [0.25, 0.3) is 0 Å². The molecule has 92 valence electrons. The summed E-state index contributed by atoms with van der Waals surface area (Å²) in [5, 5.41) is 38.4. The van der Waals surface area contributed by atoms with Crippen LogP contribution in [0.15, 0.2) is 0 Å². The normalized spacial score (nSPS) is 7.40. The van der Waals surface area contributed by atoms with E-state index in [2.05, 4.69) is 0 Å². The molecule has 0 saturated carbocycles. The zero-order valence-corrected chi connectivity index (χ0v) is 12.4. The van der Waals surface area contributed by atoms with E-state index in [9.17, 15) is 39.6 Å². The van der Waals surface area contributed by atoms with E-state index in [0.29, 0.717) is 0 Å². The molecule has 0 atom stereocenters. The third kappa shape index (κ3) is 20.6. The predicted octanol–water partition coefficient (Wildman–Crippen LogP) is -17.7. The number of carboxylic acids is 4. The maximum Gasteiger partial charge on any atom is 1.00 e. The summed E-state index contributed by atoms with van der Waals surface area (Å²) in [5.74, 6) is -9.52. The van der Waals surface area contributed by atoms with Gasteiger partial charge in [-0.3, -0.25) is 0 Å². The maximum atomic E-state index is 9.61. The minimum absolute atomic E-state index is 0. The molecule has 0 aliphatic carbocycles. The summed E-state index contributed by atoms with van der Waals surface area (Å²) in [6.45, 7) is 1.98. The number of carbonyl (C=O) groups excluding carboxylic acids is 4. The summed E-state index contributed by atoms with van der Waals surface area (Å²) in [5.41, 5.74) is 0. The first-order valence-corrected chi connectivity index (χ1v) is 3.94. The molecular formula is C8H8Li4O8. The second-order valence-electron chi connectivity index (χ2n) is 2.72. The number of rotatable bonds is 4. The van der Waals surface area contributed by atoms with Crippen molar-refractivity contribution in [1.29, 1.82) is 0 Å². The summed E-state index contributed by atoms with van der Waals surface area (Å²) < 4.78 is 0. The van der Waals surface area contributed by atoms with Crippen molar-refractivity contribution in [1.82, 2.24) is 0 Å². The first-order chi connectivity index (χ1) is 7.11. The van der Waals surface area contributed by atoms with Crippen LogP contribution in [-0.4, -0.2) is 23.9 Å². The van der Waals surface area contributed by atoms with Crippen molar-refractivity contribution in [2.24, 2.45) is 11.8 Å². The average molecular weight is 260 g/mol. The Morgan fingerprint density at radius 3 is 0.650 bits per heavy atom. The van der Waals surface area contributed by atoms with Crippen LogP contribution in [0.1, 0.15) is 13.8 Å².